The summed E-state index contributed by atoms with van der Waals surface area (Å²) in [5, 5.41) is 10.5. The number of hydrogen-bond acceptors (Lipinski definition) is 5. The standard InChI is InChI=1S/C15H22BN5/c16-11-2-1-3-12(8-11)19-10-14(20-17)15-5-4-13-9-18-6-7-21(13)15/h1-3,8,10,13,15,17-19H,4-7,9,16H2/b14-10-,20-17?/t13-,15+/m0/s1. The lowest BCUT2D eigenvalue weighted by Crippen LogP contribution is -2.50. The molecular weight excluding hydrogens is 261 g/mol. The van der Waals surface area contributed by atoms with Crippen molar-refractivity contribution in [1.82, 2.24) is 10.2 Å². The van der Waals surface area contributed by atoms with Crippen molar-refractivity contribution in [2.24, 2.45) is 5.11 Å². The van der Waals surface area contributed by atoms with E-state index in [1.165, 1.54) is 11.9 Å². The van der Waals surface area contributed by atoms with E-state index in [0.717, 1.165) is 37.4 Å². The summed E-state index contributed by atoms with van der Waals surface area (Å²) >= 11 is 0. The molecule has 2 aliphatic heterocycles. The fraction of sp³-hybridized carbons (Fsp3) is 0.467. The highest BCUT2D eigenvalue weighted by molar-refractivity contribution is 6.32. The quantitative estimate of drug-likeness (QED) is 0.562. The van der Waals surface area contributed by atoms with Crippen LogP contribution in [0.2, 0.25) is 0 Å². The number of benzene rings is 1. The molecule has 0 spiro atoms. The molecular formula is C15H22BN5. The third kappa shape index (κ3) is 3.17. The Bertz CT molecular complexity index is 545. The Morgan fingerprint density at radius 1 is 1.48 bits per heavy atom. The molecule has 3 N–H and O–H groups in total. The summed E-state index contributed by atoms with van der Waals surface area (Å²) in [4.78, 5) is 2.50. The number of rotatable bonds is 4. The van der Waals surface area contributed by atoms with Crippen molar-refractivity contribution in [3.05, 3.63) is 36.2 Å². The van der Waals surface area contributed by atoms with Gasteiger partial charge in [-0.1, -0.05) is 17.6 Å². The van der Waals surface area contributed by atoms with Crippen molar-refractivity contribution < 1.29 is 0 Å². The van der Waals surface area contributed by atoms with Crippen LogP contribution in [-0.4, -0.2) is 44.5 Å². The van der Waals surface area contributed by atoms with Crippen LogP contribution in [0.4, 0.5) is 5.69 Å². The van der Waals surface area contributed by atoms with Crippen molar-refractivity contribution in [2.45, 2.75) is 24.9 Å². The van der Waals surface area contributed by atoms with Crippen molar-refractivity contribution in [3.63, 3.8) is 0 Å². The minimum absolute atomic E-state index is 0.284. The first kappa shape index (κ1) is 14.3. The predicted octanol–water partition coefficient (Wildman–Crippen LogP) is 0.665. The van der Waals surface area contributed by atoms with Crippen molar-refractivity contribution in [3.8, 4) is 0 Å². The van der Waals surface area contributed by atoms with Gasteiger partial charge in [0.2, 0.25) is 0 Å². The van der Waals surface area contributed by atoms with E-state index in [1.54, 1.807) is 0 Å². The summed E-state index contributed by atoms with van der Waals surface area (Å²) in [5.74, 6) is 0. The molecule has 0 saturated carbocycles. The summed E-state index contributed by atoms with van der Waals surface area (Å²) in [5.41, 5.74) is 10.6. The Hall–Kier alpha value is -1.66. The molecule has 1 aromatic carbocycles. The lowest BCUT2D eigenvalue weighted by Gasteiger charge is -2.34. The summed E-state index contributed by atoms with van der Waals surface area (Å²) in [6.45, 7) is 3.14. The van der Waals surface area contributed by atoms with Crippen LogP contribution in [0.3, 0.4) is 0 Å². The molecule has 0 aliphatic carbocycles. The maximum atomic E-state index is 7.51. The third-order valence-corrected chi connectivity index (χ3v) is 4.44. The van der Waals surface area contributed by atoms with Crippen molar-refractivity contribution in [1.29, 1.82) is 5.53 Å². The predicted molar refractivity (Wildman–Crippen MR) is 87.9 cm³/mol. The highest BCUT2D eigenvalue weighted by atomic mass is 15.3. The van der Waals surface area contributed by atoms with Gasteiger partial charge in [0.05, 0.1) is 11.7 Å². The van der Waals surface area contributed by atoms with E-state index < -0.39 is 0 Å². The number of fused-ring (bicyclic) bond motifs is 1. The first-order valence-corrected chi connectivity index (χ1v) is 7.65. The van der Waals surface area contributed by atoms with Crippen LogP contribution in [0.1, 0.15) is 12.8 Å². The Kier molecular flexibility index (Phi) is 4.36. The fourth-order valence-corrected chi connectivity index (χ4v) is 3.38. The van der Waals surface area contributed by atoms with E-state index in [4.69, 9.17) is 5.53 Å². The monoisotopic (exact) mass is 283 g/mol. The van der Waals surface area contributed by atoms with Crippen molar-refractivity contribution >= 4 is 19.0 Å². The molecule has 2 heterocycles. The van der Waals surface area contributed by atoms with E-state index >= 15 is 0 Å². The van der Waals surface area contributed by atoms with Gasteiger partial charge in [-0.05, 0) is 25.0 Å². The topological polar surface area (TPSA) is 63.5 Å². The number of hydrogen-bond donors (Lipinski definition) is 3. The van der Waals surface area contributed by atoms with Crippen LogP contribution in [-0.2, 0) is 0 Å². The molecule has 110 valence electrons. The average molecular weight is 283 g/mol. The SMILES string of the molecule is Bc1cccc(N/C=C(\N=N)[C@H]2CC[C@H]3CNCCN32)c1. The number of anilines is 1. The van der Waals surface area contributed by atoms with Gasteiger partial charge in [-0.3, -0.25) is 4.90 Å². The molecule has 0 radical (unpaired) electrons. The summed E-state index contributed by atoms with van der Waals surface area (Å²) < 4.78 is 0. The van der Waals surface area contributed by atoms with E-state index in [2.05, 4.69) is 40.6 Å². The molecule has 3 rings (SSSR count). The minimum atomic E-state index is 0.284. The van der Waals surface area contributed by atoms with E-state index in [1.807, 2.05) is 18.3 Å². The van der Waals surface area contributed by atoms with E-state index in [9.17, 15) is 0 Å². The molecule has 5 nitrogen and oxygen atoms in total. The first-order chi connectivity index (χ1) is 10.3. The Labute approximate surface area is 126 Å². The molecule has 0 amide bonds. The number of nitrogens with one attached hydrogen (secondary N) is 3. The van der Waals surface area contributed by atoms with E-state index in [-0.39, 0.29) is 6.04 Å². The van der Waals surface area contributed by atoms with Crippen LogP contribution in [0.5, 0.6) is 0 Å². The zero-order chi connectivity index (χ0) is 14.7. The van der Waals surface area contributed by atoms with Gasteiger partial charge in [0.1, 0.15) is 7.85 Å². The van der Waals surface area contributed by atoms with E-state index in [0.29, 0.717) is 6.04 Å². The maximum Gasteiger partial charge on any atom is 0.139 e. The maximum absolute atomic E-state index is 7.51. The second kappa shape index (κ2) is 6.41. The largest absolute Gasteiger partial charge is 0.360 e. The smallest absolute Gasteiger partial charge is 0.139 e. The van der Waals surface area contributed by atoms with Crippen LogP contribution in [0.25, 0.3) is 0 Å². The van der Waals surface area contributed by atoms with Gasteiger partial charge < -0.3 is 10.6 Å². The number of piperazine rings is 1. The van der Waals surface area contributed by atoms with Gasteiger partial charge in [0.15, 0.2) is 0 Å². The second-order valence-electron chi connectivity index (χ2n) is 5.88. The fourth-order valence-electron chi connectivity index (χ4n) is 3.38. The van der Waals surface area contributed by atoms with Crippen molar-refractivity contribution in [2.75, 3.05) is 25.0 Å². The molecule has 2 saturated heterocycles. The molecule has 1 aromatic rings. The van der Waals surface area contributed by atoms with Crippen LogP contribution < -0.4 is 16.1 Å². The van der Waals surface area contributed by atoms with Gasteiger partial charge in [-0.25, -0.2) is 5.53 Å². The Morgan fingerprint density at radius 3 is 3.19 bits per heavy atom. The summed E-state index contributed by atoms with van der Waals surface area (Å²) in [6, 6.07) is 9.13. The normalized spacial score (nSPS) is 26.4. The summed E-state index contributed by atoms with van der Waals surface area (Å²) in [6.07, 6.45) is 4.18. The van der Waals surface area contributed by atoms with Gasteiger partial charge in [-0.2, -0.15) is 5.11 Å². The number of nitrogens with zero attached hydrogens (tertiary/aromatic N) is 2. The third-order valence-electron chi connectivity index (χ3n) is 4.44. The van der Waals surface area contributed by atoms with Gasteiger partial charge in [-0.15, -0.1) is 0 Å². The highest BCUT2D eigenvalue weighted by Gasteiger charge is 2.36. The molecule has 21 heavy (non-hydrogen) atoms. The molecule has 0 unspecified atom stereocenters. The second-order valence-corrected chi connectivity index (χ2v) is 5.88. The molecule has 6 heteroatoms. The Balaban J connectivity index is 1.72. The lowest BCUT2D eigenvalue weighted by atomic mass is 9.96. The molecule has 2 fully saturated rings. The molecule has 2 aliphatic rings. The van der Waals surface area contributed by atoms with Gasteiger partial charge in [0.25, 0.3) is 0 Å². The average Bonchev–Trinajstić information content (AvgIpc) is 2.92. The van der Waals surface area contributed by atoms with Crippen LogP contribution in [0, 0.1) is 5.53 Å². The zero-order valence-corrected chi connectivity index (χ0v) is 12.5. The molecule has 2 atom stereocenters. The zero-order valence-electron chi connectivity index (χ0n) is 12.5. The lowest BCUT2D eigenvalue weighted by molar-refractivity contribution is 0.176. The Morgan fingerprint density at radius 2 is 2.38 bits per heavy atom. The highest BCUT2D eigenvalue weighted by Crippen LogP contribution is 2.30. The van der Waals surface area contributed by atoms with Gasteiger partial charge in [0, 0.05) is 37.6 Å². The molecule has 0 bridgehead atoms. The summed E-state index contributed by atoms with van der Waals surface area (Å²) in [7, 11) is 2.08. The molecule has 0 aromatic heterocycles. The van der Waals surface area contributed by atoms with Crippen LogP contribution in [0.15, 0.2) is 41.3 Å². The van der Waals surface area contributed by atoms with Gasteiger partial charge >= 0.3 is 0 Å². The minimum Gasteiger partial charge on any atom is -0.360 e. The first-order valence-electron chi connectivity index (χ1n) is 7.65. The van der Waals surface area contributed by atoms with Crippen LogP contribution >= 0.6 is 0 Å².